The van der Waals surface area contributed by atoms with Crippen LogP contribution in [0.15, 0.2) is 60.7 Å². The van der Waals surface area contributed by atoms with Gasteiger partial charge in [0.15, 0.2) is 5.78 Å². The Labute approximate surface area is 188 Å². The second kappa shape index (κ2) is 13.0. The maximum Gasteiger partial charge on any atom is 0.409 e. The van der Waals surface area contributed by atoms with Gasteiger partial charge in [-0.05, 0) is 18.9 Å². The van der Waals surface area contributed by atoms with Crippen LogP contribution in [0.25, 0.3) is 0 Å². The van der Waals surface area contributed by atoms with Gasteiger partial charge in [0.25, 0.3) is 0 Å². The molecule has 1 atom stereocenters. The van der Waals surface area contributed by atoms with Gasteiger partial charge in [0, 0.05) is 32.0 Å². The highest BCUT2D eigenvalue weighted by Gasteiger charge is 2.31. The Morgan fingerprint density at radius 2 is 1.53 bits per heavy atom. The number of Topliss-reactive ketones (excluding diaryl/α,β-unsaturated/α-hetero) is 2. The van der Waals surface area contributed by atoms with Crippen LogP contribution in [0.1, 0.15) is 42.1 Å². The number of esters is 1. The van der Waals surface area contributed by atoms with Gasteiger partial charge in [0.1, 0.15) is 18.3 Å². The first-order chi connectivity index (χ1) is 15.4. The average Bonchev–Trinajstić information content (AvgIpc) is 2.81. The largest absolute Gasteiger partial charge is 0.465 e. The van der Waals surface area contributed by atoms with Crippen LogP contribution >= 0.6 is 0 Å². The van der Waals surface area contributed by atoms with E-state index in [0.29, 0.717) is 18.5 Å². The zero-order valence-corrected chi connectivity index (χ0v) is 18.5. The molecule has 0 aromatic heterocycles. The number of hydrogen-bond donors (Lipinski definition) is 0. The molecule has 2 aromatic rings. The van der Waals surface area contributed by atoms with Crippen molar-refractivity contribution in [3.05, 3.63) is 71.8 Å². The van der Waals surface area contributed by atoms with E-state index in [1.807, 2.05) is 30.3 Å². The summed E-state index contributed by atoms with van der Waals surface area (Å²) in [6.07, 6.45) is -0.182. The van der Waals surface area contributed by atoms with E-state index in [1.165, 1.54) is 4.90 Å². The second-order valence-corrected chi connectivity index (χ2v) is 7.34. The molecule has 0 spiro atoms. The maximum absolute atomic E-state index is 12.7. The van der Waals surface area contributed by atoms with Crippen molar-refractivity contribution in [2.45, 2.75) is 32.8 Å². The van der Waals surface area contributed by atoms with Crippen molar-refractivity contribution in [2.75, 3.05) is 20.2 Å². The summed E-state index contributed by atoms with van der Waals surface area (Å²) in [7, 11) is 1.60. The molecular formula is C25H29NO6. The molecule has 0 heterocycles. The molecule has 1 unspecified atom stereocenters. The van der Waals surface area contributed by atoms with E-state index >= 15 is 0 Å². The molecule has 2 aromatic carbocycles. The zero-order valence-electron chi connectivity index (χ0n) is 18.5. The third-order valence-corrected chi connectivity index (χ3v) is 4.84. The Kier molecular flexibility index (Phi) is 10.1. The number of ether oxygens (including phenoxy) is 2. The van der Waals surface area contributed by atoms with Crippen molar-refractivity contribution in [1.82, 2.24) is 4.90 Å². The van der Waals surface area contributed by atoms with E-state index in [1.54, 1.807) is 44.3 Å². The van der Waals surface area contributed by atoms with Crippen LogP contribution in [0.3, 0.4) is 0 Å². The average molecular weight is 440 g/mol. The first-order valence-corrected chi connectivity index (χ1v) is 10.6. The van der Waals surface area contributed by atoms with Crippen molar-refractivity contribution < 1.29 is 28.7 Å². The minimum Gasteiger partial charge on any atom is -0.465 e. The molecule has 0 aliphatic heterocycles. The Bertz CT molecular complexity index is 897. The molecule has 32 heavy (non-hydrogen) atoms. The quantitative estimate of drug-likeness (QED) is 0.281. The van der Waals surface area contributed by atoms with Crippen LogP contribution in [0, 0.1) is 5.92 Å². The number of amides is 1. The molecule has 0 bridgehead atoms. The SMILES string of the molecule is CCOC(=O)C(CC(=O)CCCN(C)C(=O)OCc1ccccc1)C(=O)c1ccccc1. The first kappa shape index (κ1) is 24.8. The smallest absolute Gasteiger partial charge is 0.409 e. The highest BCUT2D eigenvalue weighted by Crippen LogP contribution is 2.17. The monoisotopic (exact) mass is 439 g/mol. The van der Waals surface area contributed by atoms with E-state index in [9.17, 15) is 19.2 Å². The van der Waals surface area contributed by atoms with Gasteiger partial charge in [-0.2, -0.15) is 0 Å². The molecule has 2 rings (SSSR count). The fraction of sp³-hybridized carbons (Fsp3) is 0.360. The molecule has 0 saturated carbocycles. The molecule has 7 heteroatoms. The predicted octanol–water partition coefficient (Wildman–Crippen LogP) is 4.06. The fourth-order valence-corrected chi connectivity index (χ4v) is 3.09. The van der Waals surface area contributed by atoms with Crippen LogP contribution in [0.5, 0.6) is 0 Å². The van der Waals surface area contributed by atoms with E-state index < -0.39 is 23.8 Å². The summed E-state index contributed by atoms with van der Waals surface area (Å²) in [6.45, 7) is 2.26. The van der Waals surface area contributed by atoms with Gasteiger partial charge >= 0.3 is 12.1 Å². The van der Waals surface area contributed by atoms with Crippen molar-refractivity contribution in [1.29, 1.82) is 0 Å². The summed E-state index contributed by atoms with van der Waals surface area (Å²) >= 11 is 0. The number of benzene rings is 2. The summed E-state index contributed by atoms with van der Waals surface area (Å²) in [4.78, 5) is 51.0. The lowest BCUT2D eigenvalue weighted by Gasteiger charge is -2.17. The lowest BCUT2D eigenvalue weighted by atomic mass is 9.91. The minimum atomic E-state index is -1.17. The highest BCUT2D eigenvalue weighted by molar-refractivity contribution is 6.10. The summed E-state index contributed by atoms with van der Waals surface area (Å²) in [5, 5.41) is 0. The van der Waals surface area contributed by atoms with E-state index in [4.69, 9.17) is 9.47 Å². The second-order valence-electron chi connectivity index (χ2n) is 7.34. The third kappa shape index (κ3) is 7.98. The minimum absolute atomic E-state index is 0.126. The van der Waals surface area contributed by atoms with Gasteiger partial charge in [0.05, 0.1) is 6.61 Å². The van der Waals surface area contributed by atoms with Crippen LogP contribution in [-0.4, -0.2) is 48.7 Å². The summed E-state index contributed by atoms with van der Waals surface area (Å²) < 4.78 is 10.3. The Morgan fingerprint density at radius 1 is 0.906 bits per heavy atom. The summed E-state index contributed by atoms with van der Waals surface area (Å²) in [6, 6.07) is 17.7. The van der Waals surface area contributed by atoms with E-state index in [2.05, 4.69) is 0 Å². The molecular weight excluding hydrogens is 410 g/mol. The molecule has 0 radical (unpaired) electrons. The molecule has 0 N–H and O–H groups in total. The topological polar surface area (TPSA) is 90.0 Å². The maximum atomic E-state index is 12.7. The van der Waals surface area contributed by atoms with Crippen molar-refractivity contribution in [3.8, 4) is 0 Å². The molecule has 1 amide bonds. The number of hydrogen-bond acceptors (Lipinski definition) is 6. The number of carbonyl (C=O) groups is 4. The van der Waals surface area contributed by atoms with Gasteiger partial charge in [-0.3, -0.25) is 14.4 Å². The van der Waals surface area contributed by atoms with Crippen LogP contribution in [-0.2, 0) is 25.7 Å². The van der Waals surface area contributed by atoms with Gasteiger partial charge in [-0.15, -0.1) is 0 Å². The fourth-order valence-electron chi connectivity index (χ4n) is 3.09. The third-order valence-electron chi connectivity index (χ3n) is 4.84. The standard InChI is InChI=1S/C25H29NO6/c1-3-31-24(29)22(23(28)20-13-8-5-9-14-20)17-21(27)15-10-16-26(2)25(30)32-18-19-11-6-4-7-12-19/h4-9,11-14,22H,3,10,15-18H2,1-2H3. The van der Waals surface area contributed by atoms with Crippen molar-refractivity contribution >= 4 is 23.6 Å². The Morgan fingerprint density at radius 3 is 2.16 bits per heavy atom. The van der Waals surface area contributed by atoms with Crippen molar-refractivity contribution in [3.63, 3.8) is 0 Å². The first-order valence-electron chi connectivity index (χ1n) is 10.6. The van der Waals surface area contributed by atoms with Gasteiger partial charge in [-0.1, -0.05) is 60.7 Å². The van der Waals surface area contributed by atoms with E-state index in [-0.39, 0.29) is 31.8 Å². The van der Waals surface area contributed by atoms with Gasteiger partial charge in [0.2, 0.25) is 0 Å². The lowest BCUT2D eigenvalue weighted by molar-refractivity contribution is -0.147. The molecule has 0 saturated heterocycles. The zero-order chi connectivity index (χ0) is 23.3. The molecule has 0 fully saturated rings. The van der Waals surface area contributed by atoms with Crippen LogP contribution < -0.4 is 0 Å². The molecule has 7 nitrogen and oxygen atoms in total. The van der Waals surface area contributed by atoms with Crippen LogP contribution in [0.4, 0.5) is 4.79 Å². The number of nitrogens with zero attached hydrogens (tertiary/aromatic N) is 1. The van der Waals surface area contributed by atoms with Crippen molar-refractivity contribution in [2.24, 2.45) is 5.92 Å². The molecule has 0 aliphatic carbocycles. The van der Waals surface area contributed by atoms with Gasteiger partial charge < -0.3 is 14.4 Å². The lowest BCUT2D eigenvalue weighted by Crippen LogP contribution is -2.30. The van der Waals surface area contributed by atoms with Crippen LogP contribution in [0.2, 0.25) is 0 Å². The highest BCUT2D eigenvalue weighted by atomic mass is 16.6. The number of rotatable bonds is 12. The van der Waals surface area contributed by atoms with Gasteiger partial charge in [-0.25, -0.2) is 4.79 Å². The summed E-state index contributed by atoms with van der Waals surface area (Å²) in [5.74, 6) is -2.54. The molecule has 170 valence electrons. The normalized spacial score (nSPS) is 11.3. The number of carbonyl (C=O) groups excluding carboxylic acids is 4. The molecule has 0 aliphatic rings. The van der Waals surface area contributed by atoms with E-state index in [0.717, 1.165) is 5.56 Å². The Balaban J connectivity index is 1.82. The Hall–Kier alpha value is -3.48. The summed E-state index contributed by atoms with van der Waals surface area (Å²) in [5.41, 5.74) is 1.25. The number of ketones is 2. The predicted molar refractivity (Wildman–Crippen MR) is 119 cm³/mol.